The van der Waals surface area contributed by atoms with E-state index < -0.39 is 0 Å². The number of fused-ring (bicyclic) bond motifs is 2. The van der Waals surface area contributed by atoms with Crippen molar-refractivity contribution in [3.63, 3.8) is 0 Å². The van der Waals surface area contributed by atoms with Gasteiger partial charge in [0.05, 0.1) is 0 Å². The zero-order valence-corrected chi connectivity index (χ0v) is 13.2. The van der Waals surface area contributed by atoms with Crippen LogP contribution in [0, 0.1) is 16.7 Å². The molecule has 3 heteroatoms. The number of amides is 1. The molecule has 2 N–H and O–H groups in total. The molecule has 2 aliphatic carbocycles. The summed E-state index contributed by atoms with van der Waals surface area (Å²) in [6.45, 7) is 12.0. The lowest BCUT2D eigenvalue weighted by atomic mass is 9.68. The highest BCUT2D eigenvalue weighted by atomic mass is 16.1. The van der Waals surface area contributed by atoms with Crippen molar-refractivity contribution in [2.45, 2.75) is 72.4 Å². The lowest BCUT2D eigenvalue weighted by Crippen LogP contribution is -2.52. The molecule has 2 fully saturated rings. The molecular weight excluding hydrogens is 236 g/mol. The third-order valence-electron chi connectivity index (χ3n) is 5.48. The first-order valence-electron chi connectivity index (χ1n) is 7.78. The minimum atomic E-state index is 0.208. The van der Waals surface area contributed by atoms with E-state index in [1.807, 2.05) is 0 Å². The zero-order chi connectivity index (χ0) is 14.3. The molecule has 0 heterocycles. The van der Waals surface area contributed by atoms with Crippen molar-refractivity contribution in [3.05, 3.63) is 0 Å². The van der Waals surface area contributed by atoms with Crippen LogP contribution in [0.15, 0.2) is 0 Å². The average molecular weight is 266 g/mol. The Hall–Kier alpha value is -0.570. The molecule has 2 bridgehead atoms. The van der Waals surface area contributed by atoms with E-state index in [-0.39, 0.29) is 11.3 Å². The molecule has 110 valence electrons. The van der Waals surface area contributed by atoms with Crippen molar-refractivity contribution in [1.29, 1.82) is 0 Å². The lowest BCUT2D eigenvalue weighted by Gasteiger charge is -2.43. The van der Waals surface area contributed by atoms with E-state index >= 15 is 0 Å². The van der Waals surface area contributed by atoms with Crippen LogP contribution in [0.1, 0.15) is 60.3 Å². The second kappa shape index (κ2) is 5.08. The van der Waals surface area contributed by atoms with Gasteiger partial charge in [0.15, 0.2) is 0 Å². The molecular formula is C16H30N2O. The molecule has 2 saturated carbocycles. The summed E-state index contributed by atoms with van der Waals surface area (Å²) in [6.07, 6.45) is 4.49. The molecule has 2 aliphatic rings. The van der Waals surface area contributed by atoms with Gasteiger partial charge in [-0.3, -0.25) is 4.79 Å². The maximum absolute atomic E-state index is 12.1. The van der Waals surface area contributed by atoms with Crippen LogP contribution in [0.3, 0.4) is 0 Å². The van der Waals surface area contributed by atoms with Crippen molar-refractivity contribution in [1.82, 2.24) is 10.6 Å². The third-order valence-corrected chi connectivity index (χ3v) is 5.48. The SMILES string of the molecule is CC(C)NCCC(=O)NC1C2(C)CCC(C2)C1(C)C. The molecule has 0 spiro atoms. The Kier molecular flexibility index (Phi) is 3.97. The van der Waals surface area contributed by atoms with Gasteiger partial charge in [0, 0.05) is 25.0 Å². The highest BCUT2D eigenvalue weighted by molar-refractivity contribution is 5.76. The third kappa shape index (κ3) is 2.81. The molecule has 3 nitrogen and oxygen atoms in total. The van der Waals surface area contributed by atoms with Crippen LogP contribution in [-0.4, -0.2) is 24.5 Å². The summed E-state index contributed by atoms with van der Waals surface area (Å²) in [5.41, 5.74) is 0.587. The van der Waals surface area contributed by atoms with Crippen LogP contribution in [0.25, 0.3) is 0 Å². The summed E-state index contributed by atoms with van der Waals surface area (Å²) in [5.74, 6) is 0.997. The molecule has 0 saturated heterocycles. The maximum Gasteiger partial charge on any atom is 0.221 e. The Bertz CT molecular complexity index is 346. The maximum atomic E-state index is 12.1. The Labute approximate surface area is 117 Å². The second-order valence-corrected chi connectivity index (χ2v) is 7.77. The quantitative estimate of drug-likeness (QED) is 0.803. The van der Waals surface area contributed by atoms with E-state index in [9.17, 15) is 4.79 Å². The first kappa shape index (κ1) is 14.8. The summed E-state index contributed by atoms with van der Waals surface area (Å²) in [6, 6.07) is 0.801. The monoisotopic (exact) mass is 266 g/mol. The predicted molar refractivity (Wildman–Crippen MR) is 78.9 cm³/mol. The normalized spacial score (nSPS) is 35.9. The van der Waals surface area contributed by atoms with Gasteiger partial charge in [-0.15, -0.1) is 0 Å². The standard InChI is InChI=1S/C16H30N2O/c1-11(2)17-9-7-13(19)18-14-15(3,4)12-6-8-16(14,5)10-12/h11-12,14,17H,6-10H2,1-5H3,(H,18,19). The molecule has 0 aromatic heterocycles. The van der Waals surface area contributed by atoms with Crippen LogP contribution in [0.5, 0.6) is 0 Å². The average Bonchev–Trinajstić information content (AvgIpc) is 2.75. The van der Waals surface area contributed by atoms with Crippen molar-refractivity contribution < 1.29 is 4.79 Å². The topological polar surface area (TPSA) is 41.1 Å². The predicted octanol–water partition coefficient (Wildman–Crippen LogP) is 2.71. The van der Waals surface area contributed by atoms with Gasteiger partial charge in [-0.05, 0) is 36.0 Å². The van der Waals surface area contributed by atoms with Crippen molar-refractivity contribution in [2.75, 3.05) is 6.54 Å². The van der Waals surface area contributed by atoms with E-state index in [1.165, 1.54) is 19.3 Å². The van der Waals surface area contributed by atoms with Crippen LogP contribution in [-0.2, 0) is 4.79 Å². The van der Waals surface area contributed by atoms with Crippen LogP contribution in [0.4, 0.5) is 0 Å². The fourth-order valence-corrected chi connectivity index (χ4v) is 4.37. The summed E-state index contributed by atoms with van der Waals surface area (Å²) in [5, 5.41) is 6.64. The smallest absolute Gasteiger partial charge is 0.221 e. The first-order valence-corrected chi connectivity index (χ1v) is 7.78. The van der Waals surface area contributed by atoms with Gasteiger partial charge in [0.2, 0.25) is 5.91 Å². The summed E-state index contributed by atoms with van der Waals surface area (Å²) in [7, 11) is 0. The Morgan fingerprint density at radius 3 is 2.53 bits per heavy atom. The van der Waals surface area contributed by atoms with E-state index in [4.69, 9.17) is 0 Å². The number of rotatable bonds is 5. The van der Waals surface area contributed by atoms with Gasteiger partial charge >= 0.3 is 0 Å². The van der Waals surface area contributed by atoms with Crippen molar-refractivity contribution in [3.8, 4) is 0 Å². The molecule has 19 heavy (non-hydrogen) atoms. The van der Waals surface area contributed by atoms with E-state index in [0.29, 0.717) is 23.9 Å². The molecule has 0 aromatic rings. The van der Waals surface area contributed by atoms with E-state index in [1.54, 1.807) is 0 Å². The van der Waals surface area contributed by atoms with Gasteiger partial charge in [-0.1, -0.05) is 34.6 Å². The molecule has 1 amide bonds. The highest BCUT2D eigenvalue weighted by Gasteiger charge is 2.59. The minimum Gasteiger partial charge on any atom is -0.352 e. The van der Waals surface area contributed by atoms with Gasteiger partial charge in [0.1, 0.15) is 0 Å². The number of hydrogen-bond donors (Lipinski definition) is 2. The zero-order valence-electron chi connectivity index (χ0n) is 13.2. The fraction of sp³-hybridized carbons (Fsp3) is 0.938. The van der Waals surface area contributed by atoms with Crippen LogP contribution >= 0.6 is 0 Å². The second-order valence-electron chi connectivity index (χ2n) is 7.77. The van der Waals surface area contributed by atoms with E-state index in [0.717, 1.165) is 12.5 Å². The van der Waals surface area contributed by atoms with E-state index in [2.05, 4.69) is 45.3 Å². The molecule has 3 atom stereocenters. The van der Waals surface area contributed by atoms with Gasteiger partial charge in [-0.2, -0.15) is 0 Å². The molecule has 0 radical (unpaired) electrons. The van der Waals surface area contributed by atoms with Gasteiger partial charge < -0.3 is 10.6 Å². The lowest BCUT2D eigenvalue weighted by molar-refractivity contribution is -0.123. The van der Waals surface area contributed by atoms with Gasteiger partial charge in [-0.25, -0.2) is 0 Å². The number of carbonyl (C=O) groups is 1. The Morgan fingerprint density at radius 2 is 2.00 bits per heavy atom. The number of nitrogens with one attached hydrogen (secondary N) is 2. The Balaban J connectivity index is 1.90. The van der Waals surface area contributed by atoms with Gasteiger partial charge in [0.25, 0.3) is 0 Å². The summed E-state index contributed by atoms with van der Waals surface area (Å²) in [4.78, 5) is 12.1. The summed E-state index contributed by atoms with van der Waals surface area (Å²) < 4.78 is 0. The molecule has 3 unspecified atom stereocenters. The van der Waals surface area contributed by atoms with Crippen LogP contribution in [0.2, 0.25) is 0 Å². The first-order chi connectivity index (χ1) is 8.75. The minimum absolute atomic E-state index is 0.208. The van der Waals surface area contributed by atoms with Crippen molar-refractivity contribution in [2.24, 2.45) is 16.7 Å². The largest absolute Gasteiger partial charge is 0.352 e. The highest BCUT2D eigenvalue weighted by Crippen LogP contribution is 2.62. The van der Waals surface area contributed by atoms with Crippen molar-refractivity contribution >= 4 is 5.91 Å². The molecule has 0 aliphatic heterocycles. The molecule has 0 aromatic carbocycles. The number of carbonyl (C=O) groups excluding carboxylic acids is 1. The fourth-order valence-electron chi connectivity index (χ4n) is 4.37. The molecule has 2 rings (SSSR count). The summed E-state index contributed by atoms with van der Waals surface area (Å²) >= 11 is 0. The Morgan fingerprint density at radius 1 is 1.32 bits per heavy atom. The van der Waals surface area contributed by atoms with Crippen LogP contribution < -0.4 is 10.6 Å². The number of hydrogen-bond acceptors (Lipinski definition) is 2.